The van der Waals surface area contributed by atoms with E-state index in [0.717, 1.165) is 44.6 Å². The number of carbonyl (C=O) groups excluding carboxylic acids is 1. The van der Waals surface area contributed by atoms with Gasteiger partial charge in [-0.15, -0.1) is 0 Å². The van der Waals surface area contributed by atoms with Crippen molar-refractivity contribution in [3.05, 3.63) is 24.0 Å². The fourth-order valence-corrected chi connectivity index (χ4v) is 3.77. The minimum Gasteiger partial charge on any atom is -0.383 e. The van der Waals surface area contributed by atoms with Crippen molar-refractivity contribution < 1.29 is 9.53 Å². The van der Waals surface area contributed by atoms with E-state index >= 15 is 0 Å². The van der Waals surface area contributed by atoms with Crippen LogP contribution in [0.3, 0.4) is 0 Å². The van der Waals surface area contributed by atoms with Crippen molar-refractivity contribution in [3.63, 3.8) is 0 Å². The molecule has 0 aliphatic carbocycles. The Morgan fingerprint density at radius 1 is 1.36 bits per heavy atom. The number of piperidine rings is 1. The first-order chi connectivity index (χ1) is 10.6. The summed E-state index contributed by atoms with van der Waals surface area (Å²) >= 11 is 0. The zero-order valence-corrected chi connectivity index (χ0v) is 13.5. The molecular formula is C17H25N3O2. The van der Waals surface area contributed by atoms with Gasteiger partial charge in [0.05, 0.1) is 12.0 Å². The SMILES string of the molecule is COCCN1CCCC2(CCN(c3ccnc(C)c3)C2)C1=O. The van der Waals surface area contributed by atoms with Crippen LogP contribution in [0.15, 0.2) is 18.3 Å². The van der Waals surface area contributed by atoms with Gasteiger partial charge in [0.2, 0.25) is 5.91 Å². The lowest BCUT2D eigenvalue weighted by Gasteiger charge is -2.39. The Kier molecular flexibility index (Phi) is 4.34. The second kappa shape index (κ2) is 6.24. The summed E-state index contributed by atoms with van der Waals surface area (Å²) in [5, 5.41) is 0. The molecule has 1 amide bonds. The number of amides is 1. The van der Waals surface area contributed by atoms with Crippen molar-refractivity contribution in [2.24, 2.45) is 5.41 Å². The fraction of sp³-hybridized carbons (Fsp3) is 0.647. The molecule has 5 heteroatoms. The van der Waals surface area contributed by atoms with Crippen molar-refractivity contribution in [3.8, 4) is 0 Å². The second-order valence-corrected chi connectivity index (χ2v) is 6.50. The average Bonchev–Trinajstić information content (AvgIpc) is 2.94. The van der Waals surface area contributed by atoms with Gasteiger partial charge in [-0.3, -0.25) is 9.78 Å². The number of aromatic nitrogens is 1. The predicted octanol–water partition coefficient (Wildman–Crippen LogP) is 1.86. The Balaban J connectivity index is 1.73. The molecule has 2 saturated heterocycles. The summed E-state index contributed by atoms with van der Waals surface area (Å²) in [6, 6.07) is 4.15. The summed E-state index contributed by atoms with van der Waals surface area (Å²) in [6.45, 7) is 6.00. The molecule has 1 spiro atoms. The van der Waals surface area contributed by atoms with Crippen molar-refractivity contribution in [1.82, 2.24) is 9.88 Å². The van der Waals surface area contributed by atoms with E-state index in [-0.39, 0.29) is 5.41 Å². The van der Waals surface area contributed by atoms with Crippen molar-refractivity contribution >= 4 is 11.6 Å². The van der Waals surface area contributed by atoms with Crippen LogP contribution in [0.1, 0.15) is 25.0 Å². The number of likely N-dealkylation sites (tertiary alicyclic amines) is 1. The molecule has 22 heavy (non-hydrogen) atoms. The Bertz CT molecular complexity index is 548. The third kappa shape index (κ3) is 2.82. The highest BCUT2D eigenvalue weighted by Crippen LogP contribution is 2.41. The molecule has 0 aromatic carbocycles. The Morgan fingerprint density at radius 3 is 3.00 bits per heavy atom. The minimum atomic E-state index is -0.191. The monoisotopic (exact) mass is 303 g/mol. The van der Waals surface area contributed by atoms with Crippen LogP contribution in [0.25, 0.3) is 0 Å². The molecule has 0 bridgehead atoms. The van der Waals surface area contributed by atoms with E-state index in [0.29, 0.717) is 19.1 Å². The smallest absolute Gasteiger partial charge is 0.230 e. The van der Waals surface area contributed by atoms with E-state index in [2.05, 4.69) is 16.0 Å². The van der Waals surface area contributed by atoms with E-state index < -0.39 is 0 Å². The van der Waals surface area contributed by atoms with Gasteiger partial charge in [0.15, 0.2) is 0 Å². The topological polar surface area (TPSA) is 45.7 Å². The number of rotatable bonds is 4. The normalized spacial score (nSPS) is 25.3. The van der Waals surface area contributed by atoms with Gasteiger partial charge in [-0.2, -0.15) is 0 Å². The first kappa shape index (κ1) is 15.3. The maximum atomic E-state index is 12.9. The third-order valence-electron chi connectivity index (χ3n) is 4.99. The Hall–Kier alpha value is -1.62. The van der Waals surface area contributed by atoms with E-state index in [4.69, 9.17) is 4.74 Å². The quantitative estimate of drug-likeness (QED) is 0.852. The number of pyridine rings is 1. The maximum Gasteiger partial charge on any atom is 0.230 e. The van der Waals surface area contributed by atoms with Crippen molar-refractivity contribution in [2.75, 3.05) is 44.8 Å². The number of aryl methyl sites for hydroxylation is 1. The Morgan fingerprint density at radius 2 is 2.23 bits per heavy atom. The van der Waals surface area contributed by atoms with Crippen LogP contribution in [0.4, 0.5) is 5.69 Å². The molecule has 1 aromatic heterocycles. The molecule has 0 N–H and O–H groups in total. The molecule has 0 radical (unpaired) electrons. The molecule has 5 nitrogen and oxygen atoms in total. The lowest BCUT2D eigenvalue weighted by atomic mass is 9.78. The number of ether oxygens (including phenoxy) is 1. The van der Waals surface area contributed by atoms with Crippen LogP contribution < -0.4 is 4.90 Å². The minimum absolute atomic E-state index is 0.191. The summed E-state index contributed by atoms with van der Waals surface area (Å²) < 4.78 is 5.14. The van der Waals surface area contributed by atoms with Crippen LogP contribution in [-0.4, -0.2) is 55.7 Å². The largest absolute Gasteiger partial charge is 0.383 e. The van der Waals surface area contributed by atoms with Crippen molar-refractivity contribution in [1.29, 1.82) is 0 Å². The van der Waals surface area contributed by atoms with Gasteiger partial charge < -0.3 is 14.5 Å². The molecule has 1 unspecified atom stereocenters. The first-order valence-electron chi connectivity index (χ1n) is 8.10. The molecule has 2 aliphatic rings. The van der Waals surface area contributed by atoms with Crippen LogP contribution in [-0.2, 0) is 9.53 Å². The average molecular weight is 303 g/mol. The number of hydrogen-bond donors (Lipinski definition) is 0. The number of nitrogens with zero attached hydrogens (tertiary/aromatic N) is 3. The molecule has 3 heterocycles. The van der Waals surface area contributed by atoms with Gasteiger partial charge in [-0.1, -0.05) is 0 Å². The highest BCUT2D eigenvalue weighted by Gasteiger charge is 2.48. The lowest BCUT2D eigenvalue weighted by molar-refractivity contribution is -0.145. The lowest BCUT2D eigenvalue weighted by Crippen LogP contribution is -2.50. The fourth-order valence-electron chi connectivity index (χ4n) is 3.77. The van der Waals surface area contributed by atoms with E-state index in [1.54, 1.807) is 7.11 Å². The molecule has 1 atom stereocenters. The molecule has 3 rings (SSSR count). The summed E-state index contributed by atoms with van der Waals surface area (Å²) in [7, 11) is 1.69. The standard InChI is InChI=1S/C17H25N3O2/c1-14-12-15(4-7-18-14)20-9-6-17(13-20)5-3-8-19(16(17)21)10-11-22-2/h4,7,12H,3,5-6,8-11,13H2,1-2H3. The van der Waals surface area contributed by atoms with Gasteiger partial charge in [0.1, 0.15) is 0 Å². The zero-order valence-electron chi connectivity index (χ0n) is 13.5. The number of methoxy groups -OCH3 is 1. The number of carbonyl (C=O) groups is 1. The molecule has 2 fully saturated rings. The maximum absolute atomic E-state index is 12.9. The van der Waals surface area contributed by atoms with Gasteiger partial charge in [-0.25, -0.2) is 0 Å². The van der Waals surface area contributed by atoms with Gasteiger partial charge in [-0.05, 0) is 38.3 Å². The predicted molar refractivity (Wildman–Crippen MR) is 85.9 cm³/mol. The molecular weight excluding hydrogens is 278 g/mol. The molecule has 1 aromatic rings. The zero-order chi connectivity index (χ0) is 15.6. The van der Waals surface area contributed by atoms with Crippen LogP contribution in [0, 0.1) is 12.3 Å². The number of anilines is 1. The highest BCUT2D eigenvalue weighted by atomic mass is 16.5. The van der Waals surface area contributed by atoms with Gasteiger partial charge in [0.25, 0.3) is 0 Å². The Labute approximate surface area is 132 Å². The summed E-state index contributed by atoms with van der Waals surface area (Å²) in [5.41, 5.74) is 2.02. The third-order valence-corrected chi connectivity index (χ3v) is 4.99. The van der Waals surface area contributed by atoms with Crippen molar-refractivity contribution in [2.45, 2.75) is 26.2 Å². The van der Waals surface area contributed by atoms with E-state index in [9.17, 15) is 4.79 Å². The second-order valence-electron chi connectivity index (χ2n) is 6.50. The van der Waals surface area contributed by atoms with E-state index in [1.165, 1.54) is 5.69 Å². The first-order valence-corrected chi connectivity index (χ1v) is 8.10. The summed E-state index contributed by atoms with van der Waals surface area (Å²) in [5.74, 6) is 0.323. The summed E-state index contributed by atoms with van der Waals surface area (Å²) in [4.78, 5) is 21.5. The van der Waals surface area contributed by atoms with Crippen LogP contribution in [0.2, 0.25) is 0 Å². The number of hydrogen-bond acceptors (Lipinski definition) is 4. The molecule has 2 aliphatic heterocycles. The molecule has 0 saturated carbocycles. The molecule has 120 valence electrons. The summed E-state index contributed by atoms with van der Waals surface area (Å²) in [6.07, 6.45) is 4.91. The van der Waals surface area contributed by atoms with E-state index in [1.807, 2.05) is 24.1 Å². The van der Waals surface area contributed by atoms with Gasteiger partial charge in [0, 0.05) is 50.9 Å². The van der Waals surface area contributed by atoms with Crippen LogP contribution in [0.5, 0.6) is 0 Å². The highest BCUT2D eigenvalue weighted by molar-refractivity contribution is 5.85. The van der Waals surface area contributed by atoms with Crippen LogP contribution >= 0.6 is 0 Å². The van der Waals surface area contributed by atoms with Gasteiger partial charge >= 0.3 is 0 Å².